The third-order valence-electron chi connectivity index (χ3n) is 2.84. The summed E-state index contributed by atoms with van der Waals surface area (Å²) < 4.78 is 4.77. The van der Waals surface area contributed by atoms with Crippen LogP contribution in [0.5, 0.6) is 0 Å². The highest BCUT2D eigenvalue weighted by atomic mass is 16.5. The van der Waals surface area contributed by atoms with Gasteiger partial charge in [0.2, 0.25) is 5.91 Å². The number of rotatable bonds is 7. The number of carbonyl (C=O) groups excluding carboxylic acids is 1. The molecular formula is C11H22N2O3. The van der Waals surface area contributed by atoms with E-state index in [2.05, 4.69) is 10.6 Å². The Hall–Kier alpha value is -0.650. The lowest BCUT2D eigenvalue weighted by atomic mass is 10.0. The third-order valence-corrected chi connectivity index (χ3v) is 2.84. The lowest BCUT2D eigenvalue weighted by Gasteiger charge is -2.11. The third kappa shape index (κ3) is 5.44. The maximum absolute atomic E-state index is 11.4. The molecule has 0 radical (unpaired) electrons. The van der Waals surface area contributed by atoms with Crippen molar-refractivity contribution in [2.45, 2.75) is 25.4 Å². The van der Waals surface area contributed by atoms with Crippen molar-refractivity contribution in [1.29, 1.82) is 0 Å². The molecule has 5 heteroatoms. The van der Waals surface area contributed by atoms with Gasteiger partial charge in [-0.2, -0.15) is 0 Å². The molecule has 1 aliphatic heterocycles. The summed E-state index contributed by atoms with van der Waals surface area (Å²) >= 11 is 0. The Balaban J connectivity index is 2.01. The van der Waals surface area contributed by atoms with Crippen molar-refractivity contribution in [1.82, 2.24) is 10.6 Å². The van der Waals surface area contributed by atoms with E-state index in [1.807, 2.05) is 0 Å². The number of hydrogen-bond acceptors (Lipinski definition) is 4. The molecule has 5 nitrogen and oxygen atoms in total. The van der Waals surface area contributed by atoms with Crippen molar-refractivity contribution < 1.29 is 14.6 Å². The van der Waals surface area contributed by atoms with Gasteiger partial charge in [0.25, 0.3) is 0 Å². The van der Waals surface area contributed by atoms with Crippen molar-refractivity contribution in [2.24, 2.45) is 5.92 Å². The van der Waals surface area contributed by atoms with Gasteiger partial charge >= 0.3 is 0 Å². The van der Waals surface area contributed by atoms with Crippen LogP contribution in [0.2, 0.25) is 0 Å². The molecule has 1 rings (SSSR count). The number of amides is 1. The van der Waals surface area contributed by atoms with Crippen molar-refractivity contribution in [3.8, 4) is 0 Å². The standard InChI is InChI=1S/C11H22N2O3/c1-16-8-10(14)7-13-11(15)3-2-9-4-5-12-6-9/h9-10,12,14H,2-8H2,1H3,(H,13,15). The van der Waals surface area contributed by atoms with E-state index in [-0.39, 0.29) is 19.1 Å². The first-order valence-corrected chi connectivity index (χ1v) is 5.86. The van der Waals surface area contributed by atoms with Gasteiger partial charge in [-0.1, -0.05) is 0 Å². The normalized spacial score (nSPS) is 22.0. The van der Waals surface area contributed by atoms with Gasteiger partial charge in [0, 0.05) is 20.1 Å². The van der Waals surface area contributed by atoms with Gasteiger partial charge in [0.1, 0.15) is 0 Å². The first-order chi connectivity index (χ1) is 7.72. The molecule has 0 saturated carbocycles. The molecule has 0 aromatic heterocycles. The van der Waals surface area contributed by atoms with Gasteiger partial charge in [0.05, 0.1) is 12.7 Å². The minimum absolute atomic E-state index is 0.0158. The topological polar surface area (TPSA) is 70.6 Å². The maximum atomic E-state index is 11.4. The number of aliphatic hydroxyl groups is 1. The van der Waals surface area contributed by atoms with E-state index in [1.165, 1.54) is 13.5 Å². The van der Waals surface area contributed by atoms with Crippen LogP contribution >= 0.6 is 0 Å². The molecule has 94 valence electrons. The monoisotopic (exact) mass is 230 g/mol. The second kappa shape index (κ2) is 7.60. The van der Waals surface area contributed by atoms with Crippen LogP contribution in [0.1, 0.15) is 19.3 Å². The largest absolute Gasteiger partial charge is 0.389 e. The Labute approximate surface area is 96.6 Å². The summed E-state index contributed by atoms with van der Waals surface area (Å²) in [5.74, 6) is 0.650. The molecule has 2 atom stereocenters. The number of methoxy groups -OCH3 is 1. The fourth-order valence-corrected chi connectivity index (χ4v) is 1.87. The van der Waals surface area contributed by atoms with E-state index < -0.39 is 6.10 Å². The molecule has 1 amide bonds. The van der Waals surface area contributed by atoms with Crippen LogP contribution < -0.4 is 10.6 Å². The highest BCUT2D eigenvalue weighted by Crippen LogP contribution is 2.13. The summed E-state index contributed by atoms with van der Waals surface area (Å²) in [5.41, 5.74) is 0. The number of ether oxygens (including phenoxy) is 1. The number of carbonyl (C=O) groups is 1. The van der Waals surface area contributed by atoms with E-state index >= 15 is 0 Å². The lowest BCUT2D eigenvalue weighted by molar-refractivity contribution is -0.122. The van der Waals surface area contributed by atoms with E-state index in [9.17, 15) is 9.90 Å². The smallest absolute Gasteiger partial charge is 0.220 e. The van der Waals surface area contributed by atoms with Crippen LogP contribution in [-0.4, -0.2) is 50.5 Å². The van der Waals surface area contributed by atoms with Crippen molar-refractivity contribution in [3.05, 3.63) is 0 Å². The molecule has 0 aromatic carbocycles. The Kier molecular flexibility index (Phi) is 6.37. The Morgan fingerprint density at radius 1 is 1.69 bits per heavy atom. The molecule has 1 heterocycles. The molecule has 16 heavy (non-hydrogen) atoms. The predicted molar refractivity (Wildman–Crippen MR) is 61.1 cm³/mol. The van der Waals surface area contributed by atoms with Crippen LogP contribution in [0.4, 0.5) is 0 Å². The summed E-state index contributed by atoms with van der Waals surface area (Å²) in [4.78, 5) is 11.4. The average Bonchev–Trinajstić information content (AvgIpc) is 2.77. The number of nitrogens with one attached hydrogen (secondary N) is 2. The van der Waals surface area contributed by atoms with Crippen LogP contribution in [-0.2, 0) is 9.53 Å². The second-order valence-corrected chi connectivity index (χ2v) is 4.31. The highest BCUT2D eigenvalue weighted by molar-refractivity contribution is 5.75. The molecule has 1 saturated heterocycles. The Morgan fingerprint density at radius 3 is 3.12 bits per heavy atom. The maximum Gasteiger partial charge on any atom is 0.220 e. The zero-order chi connectivity index (χ0) is 11.8. The van der Waals surface area contributed by atoms with Crippen LogP contribution in [0, 0.1) is 5.92 Å². The Morgan fingerprint density at radius 2 is 2.50 bits per heavy atom. The quantitative estimate of drug-likeness (QED) is 0.551. The zero-order valence-corrected chi connectivity index (χ0v) is 9.87. The second-order valence-electron chi connectivity index (χ2n) is 4.31. The van der Waals surface area contributed by atoms with Gasteiger partial charge in [0.15, 0.2) is 0 Å². The highest BCUT2D eigenvalue weighted by Gasteiger charge is 2.15. The SMILES string of the molecule is COCC(O)CNC(=O)CCC1CCNC1. The van der Waals surface area contributed by atoms with Gasteiger partial charge in [-0.15, -0.1) is 0 Å². The first kappa shape index (κ1) is 13.4. The van der Waals surface area contributed by atoms with Crippen LogP contribution in [0.3, 0.4) is 0 Å². The number of hydrogen-bond donors (Lipinski definition) is 3. The minimum atomic E-state index is -0.609. The zero-order valence-electron chi connectivity index (χ0n) is 9.87. The molecule has 1 aliphatic rings. The fourth-order valence-electron chi connectivity index (χ4n) is 1.87. The molecule has 0 spiro atoms. The molecule has 2 unspecified atom stereocenters. The van der Waals surface area contributed by atoms with Gasteiger partial charge in [-0.3, -0.25) is 4.79 Å². The average molecular weight is 230 g/mol. The predicted octanol–water partition coefficient (Wildman–Crippen LogP) is -0.500. The van der Waals surface area contributed by atoms with E-state index in [0.717, 1.165) is 19.5 Å². The minimum Gasteiger partial charge on any atom is -0.389 e. The summed E-state index contributed by atoms with van der Waals surface area (Å²) in [6.45, 7) is 2.63. The molecule has 0 aromatic rings. The number of aliphatic hydroxyl groups excluding tert-OH is 1. The van der Waals surface area contributed by atoms with Crippen LogP contribution in [0.25, 0.3) is 0 Å². The van der Waals surface area contributed by atoms with E-state index in [0.29, 0.717) is 12.3 Å². The van der Waals surface area contributed by atoms with Gasteiger partial charge < -0.3 is 20.5 Å². The van der Waals surface area contributed by atoms with Crippen molar-refractivity contribution in [3.63, 3.8) is 0 Å². The molecule has 0 bridgehead atoms. The van der Waals surface area contributed by atoms with E-state index in [4.69, 9.17) is 4.74 Å². The summed E-state index contributed by atoms with van der Waals surface area (Å²) in [7, 11) is 1.53. The van der Waals surface area contributed by atoms with Crippen LogP contribution in [0.15, 0.2) is 0 Å². The summed E-state index contributed by atoms with van der Waals surface area (Å²) in [6.07, 6.45) is 2.03. The van der Waals surface area contributed by atoms with Crippen molar-refractivity contribution in [2.75, 3.05) is 33.4 Å². The lowest BCUT2D eigenvalue weighted by Crippen LogP contribution is -2.34. The molecule has 1 fully saturated rings. The summed E-state index contributed by atoms with van der Waals surface area (Å²) in [6, 6.07) is 0. The first-order valence-electron chi connectivity index (χ1n) is 5.86. The van der Waals surface area contributed by atoms with Crippen molar-refractivity contribution >= 4 is 5.91 Å². The summed E-state index contributed by atoms with van der Waals surface area (Å²) in [5, 5.41) is 15.3. The Bertz CT molecular complexity index is 205. The molecular weight excluding hydrogens is 208 g/mol. The van der Waals surface area contributed by atoms with Gasteiger partial charge in [-0.25, -0.2) is 0 Å². The van der Waals surface area contributed by atoms with E-state index in [1.54, 1.807) is 0 Å². The fraction of sp³-hybridized carbons (Fsp3) is 0.909. The molecule has 3 N–H and O–H groups in total. The van der Waals surface area contributed by atoms with Gasteiger partial charge in [-0.05, 0) is 31.8 Å². The molecule has 0 aliphatic carbocycles.